The molecule has 1 heterocycles. The lowest BCUT2D eigenvalue weighted by Crippen LogP contribution is -1.97. The Balaban J connectivity index is 2.38. The van der Waals surface area contributed by atoms with E-state index in [1.807, 2.05) is 6.92 Å². The van der Waals surface area contributed by atoms with Crippen molar-refractivity contribution < 1.29 is 4.74 Å². The highest BCUT2D eigenvalue weighted by molar-refractivity contribution is 9.10. The van der Waals surface area contributed by atoms with E-state index in [1.165, 1.54) is 0 Å². The number of rotatable bonds is 2. The molecule has 90 valence electrons. The lowest BCUT2D eigenvalue weighted by Gasteiger charge is -2.08. The highest BCUT2D eigenvalue weighted by atomic mass is 79.9. The molecule has 2 N–H and O–H groups in total. The molecule has 0 saturated carbocycles. The molecule has 0 aliphatic heterocycles. The third-order valence-electron chi connectivity index (χ3n) is 2.31. The first-order valence-electron chi connectivity index (χ1n) is 4.91. The lowest BCUT2D eigenvalue weighted by atomic mass is 10.3. The number of benzene rings is 1. The molecule has 0 bridgehead atoms. The zero-order valence-corrected chi connectivity index (χ0v) is 11.7. The topological polar surface area (TPSA) is 53.1 Å². The van der Waals surface area contributed by atoms with Gasteiger partial charge in [-0.25, -0.2) is 4.68 Å². The number of nitrogens with two attached hydrogens (primary N) is 1. The predicted molar refractivity (Wildman–Crippen MR) is 71.6 cm³/mol. The summed E-state index contributed by atoms with van der Waals surface area (Å²) in [7, 11) is 1.78. The summed E-state index contributed by atoms with van der Waals surface area (Å²) in [6.07, 6.45) is 0. The van der Waals surface area contributed by atoms with E-state index in [4.69, 9.17) is 22.1 Å². The zero-order chi connectivity index (χ0) is 12.6. The van der Waals surface area contributed by atoms with E-state index >= 15 is 0 Å². The summed E-state index contributed by atoms with van der Waals surface area (Å²) < 4.78 is 8.09. The molecule has 2 aromatic rings. The van der Waals surface area contributed by atoms with Crippen LogP contribution in [0.4, 0.5) is 5.69 Å². The summed E-state index contributed by atoms with van der Waals surface area (Å²) in [5.41, 5.74) is 7.16. The van der Waals surface area contributed by atoms with Gasteiger partial charge in [-0.1, -0.05) is 11.6 Å². The monoisotopic (exact) mass is 315 g/mol. The zero-order valence-electron chi connectivity index (χ0n) is 9.37. The summed E-state index contributed by atoms with van der Waals surface area (Å²) in [5, 5.41) is 4.82. The summed E-state index contributed by atoms with van der Waals surface area (Å²) in [4.78, 5) is 0. The Morgan fingerprint density at radius 3 is 2.71 bits per heavy atom. The molecule has 4 nitrogen and oxygen atoms in total. The number of anilines is 1. The van der Waals surface area contributed by atoms with Crippen molar-refractivity contribution in [2.24, 2.45) is 7.05 Å². The van der Waals surface area contributed by atoms with Gasteiger partial charge in [0.2, 0.25) is 5.88 Å². The van der Waals surface area contributed by atoms with Crippen LogP contribution in [0.15, 0.2) is 22.7 Å². The van der Waals surface area contributed by atoms with Crippen molar-refractivity contribution in [3.8, 4) is 11.6 Å². The molecule has 0 amide bonds. The van der Waals surface area contributed by atoms with Crippen LogP contribution in [0, 0.1) is 6.92 Å². The Morgan fingerprint density at radius 1 is 1.47 bits per heavy atom. The van der Waals surface area contributed by atoms with Crippen molar-refractivity contribution >= 4 is 33.2 Å². The highest BCUT2D eigenvalue weighted by Gasteiger charge is 2.13. The van der Waals surface area contributed by atoms with E-state index in [0.717, 1.165) is 10.2 Å². The van der Waals surface area contributed by atoms with Crippen LogP contribution in [-0.4, -0.2) is 9.78 Å². The van der Waals surface area contributed by atoms with Crippen molar-refractivity contribution in [1.82, 2.24) is 9.78 Å². The van der Waals surface area contributed by atoms with Gasteiger partial charge in [-0.3, -0.25) is 0 Å². The Kier molecular flexibility index (Phi) is 3.31. The molecule has 0 radical (unpaired) electrons. The number of aromatic nitrogens is 2. The highest BCUT2D eigenvalue weighted by Crippen LogP contribution is 2.34. The fraction of sp³-hybridized carbons (Fsp3) is 0.182. The Morgan fingerprint density at radius 2 is 2.18 bits per heavy atom. The maximum atomic E-state index is 5.88. The molecule has 0 atom stereocenters. The number of hydrogen-bond acceptors (Lipinski definition) is 3. The minimum atomic E-state index is 0.519. The van der Waals surface area contributed by atoms with Crippen LogP contribution < -0.4 is 10.5 Å². The molecule has 0 saturated heterocycles. The summed E-state index contributed by atoms with van der Waals surface area (Å²) in [6, 6.07) is 5.28. The van der Waals surface area contributed by atoms with Crippen LogP contribution in [0.5, 0.6) is 11.6 Å². The second-order valence-electron chi connectivity index (χ2n) is 3.60. The minimum Gasteiger partial charge on any atom is -0.436 e. The molecule has 2 rings (SSSR count). The van der Waals surface area contributed by atoms with Crippen LogP contribution in [0.25, 0.3) is 0 Å². The number of nitrogens with zero attached hydrogens (tertiary/aromatic N) is 2. The number of halogens is 2. The van der Waals surface area contributed by atoms with Crippen molar-refractivity contribution in [2.45, 2.75) is 6.92 Å². The molecule has 1 aromatic carbocycles. The molecule has 0 fully saturated rings. The fourth-order valence-corrected chi connectivity index (χ4v) is 2.20. The SMILES string of the molecule is Cc1nn(C)c(Oc2ccc(Cl)cc2Br)c1N. The van der Waals surface area contributed by atoms with Gasteiger partial charge in [0.05, 0.1) is 10.2 Å². The average molecular weight is 317 g/mol. The van der Waals surface area contributed by atoms with Crippen molar-refractivity contribution in [2.75, 3.05) is 5.73 Å². The van der Waals surface area contributed by atoms with E-state index < -0.39 is 0 Å². The van der Waals surface area contributed by atoms with E-state index in [2.05, 4.69) is 21.0 Å². The molecular weight excluding hydrogens is 305 g/mol. The first kappa shape index (κ1) is 12.3. The first-order chi connectivity index (χ1) is 7.99. The fourth-order valence-electron chi connectivity index (χ4n) is 1.44. The molecule has 0 aliphatic rings. The molecule has 17 heavy (non-hydrogen) atoms. The largest absolute Gasteiger partial charge is 0.436 e. The van der Waals surface area contributed by atoms with Crippen LogP contribution in [0.3, 0.4) is 0 Å². The van der Waals surface area contributed by atoms with E-state index in [-0.39, 0.29) is 0 Å². The third-order valence-corrected chi connectivity index (χ3v) is 3.17. The Hall–Kier alpha value is -1.20. The normalized spacial score (nSPS) is 10.6. The van der Waals surface area contributed by atoms with E-state index in [1.54, 1.807) is 29.9 Å². The predicted octanol–water partition coefficient (Wildman–Crippen LogP) is 3.52. The van der Waals surface area contributed by atoms with E-state index in [9.17, 15) is 0 Å². The molecular formula is C11H11BrClN3O. The maximum absolute atomic E-state index is 5.88. The average Bonchev–Trinajstić information content (AvgIpc) is 2.48. The van der Waals surface area contributed by atoms with Crippen molar-refractivity contribution in [3.63, 3.8) is 0 Å². The van der Waals surface area contributed by atoms with Gasteiger partial charge in [0.25, 0.3) is 0 Å². The van der Waals surface area contributed by atoms with Gasteiger partial charge in [-0.15, -0.1) is 0 Å². The Bertz CT molecular complexity index is 568. The molecule has 1 aromatic heterocycles. The van der Waals surface area contributed by atoms with Crippen LogP contribution in [0.2, 0.25) is 5.02 Å². The molecule has 6 heteroatoms. The standard InChI is InChI=1S/C11H11BrClN3O/c1-6-10(14)11(16(2)15-6)17-9-4-3-7(13)5-8(9)12/h3-5H,14H2,1-2H3. The second kappa shape index (κ2) is 4.58. The van der Waals surface area contributed by atoms with Gasteiger partial charge in [-0.2, -0.15) is 5.10 Å². The van der Waals surface area contributed by atoms with Crippen molar-refractivity contribution in [3.05, 3.63) is 33.4 Å². The maximum Gasteiger partial charge on any atom is 0.241 e. The third kappa shape index (κ3) is 2.40. The summed E-state index contributed by atoms with van der Waals surface area (Å²) in [5.74, 6) is 1.16. The van der Waals surface area contributed by atoms with Gasteiger partial charge in [0.15, 0.2) is 0 Å². The number of hydrogen-bond donors (Lipinski definition) is 1. The number of nitrogen functional groups attached to an aromatic ring is 1. The molecule has 0 spiro atoms. The van der Waals surface area contributed by atoms with Crippen LogP contribution in [-0.2, 0) is 7.05 Å². The quantitative estimate of drug-likeness (QED) is 0.922. The number of aryl methyl sites for hydroxylation is 2. The summed E-state index contributed by atoms with van der Waals surface area (Å²) in [6.45, 7) is 1.83. The molecule has 0 aliphatic carbocycles. The van der Waals surface area contributed by atoms with Gasteiger partial charge < -0.3 is 10.5 Å². The Labute approximate surface area is 112 Å². The van der Waals surface area contributed by atoms with Gasteiger partial charge in [0.1, 0.15) is 11.4 Å². The summed E-state index contributed by atoms with van der Waals surface area (Å²) >= 11 is 9.24. The lowest BCUT2D eigenvalue weighted by molar-refractivity contribution is 0.430. The van der Waals surface area contributed by atoms with Crippen LogP contribution in [0.1, 0.15) is 5.69 Å². The minimum absolute atomic E-state index is 0.519. The number of ether oxygens (including phenoxy) is 1. The van der Waals surface area contributed by atoms with Gasteiger partial charge >= 0.3 is 0 Å². The van der Waals surface area contributed by atoms with Crippen molar-refractivity contribution in [1.29, 1.82) is 0 Å². The molecule has 0 unspecified atom stereocenters. The van der Waals surface area contributed by atoms with Gasteiger partial charge in [0, 0.05) is 12.1 Å². The smallest absolute Gasteiger partial charge is 0.241 e. The van der Waals surface area contributed by atoms with E-state index in [0.29, 0.717) is 22.3 Å². The second-order valence-corrected chi connectivity index (χ2v) is 4.90. The van der Waals surface area contributed by atoms with Crippen LogP contribution >= 0.6 is 27.5 Å². The van der Waals surface area contributed by atoms with Gasteiger partial charge in [-0.05, 0) is 41.1 Å². The first-order valence-corrected chi connectivity index (χ1v) is 6.08.